The lowest BCUT2D eigenvalue weighted by atomic mass is 9.99. The first kappa shape index (κ1) is 17.4. The molecule has 0 spiro atoms. The maximum atomic E-state index is 13.2. The molecule has 0 bridgehead atoms. The van der Waals surface area contributed by atoms with Crippen LogP contribution in [0.1, 0.15) is 22.7 Å². The molecule has 3 nitrogen and oxygen atoms in total. The van der Waals surface area contributed by atoms with Gasteiger partial charge in [0.2, 0.25) is 10.0 Å². The lowest BCUT2D eigenvalue weighted by Gasteiger charge is -2.28. The van der Waals surface area contributed by atoms with Crippen molar-refractivity contribution in [1.82, 2.24) is 4.31 Å². The van der Waals surface area contributed by atoms with Gasteiger partial charge in [-0.2, -0.15) is 4.31 Å². The molecule has 0 atom stereocenters. The summed E-state index contributed by atoms with van der Waals surface area (Å²) in [5.74, 6) is 0. The fourth-order valence-corrected chi connectivity index (χ4v) is 4.23. The van der Waals surface area contributed by atoms with Crippen LogP contribution in [-0.2, 0) is 10.0 Å². The number of rotatable bonds is 5. The van der Waals surface area contributed by atoms with Gasteiger partial charge >= 0.3 is 0 Å². The molecule has 0 radical (unpaired) electrons. The Kier molecular flexibility index (Phi) is 5.02. The average Bonchev–Trinajstić information content (AvgIpc) is 2.64. The molecule has 128 valence electrons. The Morgan fingerprint density at radius 3 is 1.60 bits per heavy atom. The van der Waals surface area contributed by atoms with Crippen LogP contribution < -0.4 is 0 Å². The number of nitrogens with zero attached hydrogens (tertiary/aromatic N) is 1. The Hall–Kier alpha value is -2.43. The van der Waals surface area contributed by atoms with E-state index in [1.807, 2.05) is 79.7 Å². The van der Waals surface area contributed by atoms with Crippen LogP contribution in [0.2, 0.25) is 0 Å². The Balaban J connectivity index is 2.08. The summed E-state index contributed by atoms with van der Waals surface area (Å²) >= 11 is 0. The third-order valence-electron chi connectivity index (χ3n) is 4.29. The quantitative estimate of drug-likeness (QED) is 0.683. The number of benzene rings is 3. The van der Waals surface area contributed by atoms with E-state index in [4.69, 9.17) is 0 Å². The third-order valence-corrected chi connectivity index (χ3v) is 6.13. The van der Waals surface area contributed by atoms with Gasteiger partial charge in [-0.15, -0.1) is 0 Å². The minimum atomic E-state index is -3.62. The smallest absolute Gasteiger partial charge is 0.207 e. The van der Waals surface area contributed by atoms with Crippen LogP contribution in [0.25, 0.3) is 0 Å². The van der Waals surface area contributed by atoms with E-state index in [0.29, 0.717) is 4.90 Å². The second-order valence-corrected chi connectivity index (χ2v) is 8.06. The summed E-state index contributed by atoms with van der Waals surface area (Å²) in [5.41, 5.74) is 2.91. The van der Waals surface area contributed by atoms with Crippen LogP contribution in [0.4, 0.5) is 0 Å². The van der Waals surface area contributed by atoms with Gasteiger partial charge < -0.3 is 0 Å². The van der Waals surface area contributed by atoms with Gasteiger partial charge in [0.15, 0.2) is 0 Å². The van der Waals surface area contributed by atoms with Gasteiger partial charge in [0.05, 0.1) is 10.9 Å². The first-order chi connectivity index (χ1) is 12.0. The first-order valence-electron chi connectivity index (χ1n) is 8.15. The molecule has 0 amide bonds. The molecule has 3 aromatic rings. The predicted molar refractivity (Wildman–Crippen MR) is 101 cm³/mol. The SMILES string of the molecule is Cc1ccc(S(=O)(=O)N(C)C(c2ccccc2)c2ccccc2)cc1. The molecular weight excluding hydrogens is 330 g/mol. The summed E-state index contributed by atoms with van der Waals surface area (Å²) in [6.45, 7) is 1.94. The standard InChI is InChI=1S/C21H21NO2S/c1-17-13-15-20(16-14-17)25(23,24)22(2)21(18-9-5-3-6-10-18)19-11-7-4-8-12-19/h3-16,21H,1-2H3. The van der Waals surface area contributed by atoms with Crippen molar-refractivity contribution in [2.24, 2.45) is 0 Å². The Morgan fingerprint density at radius 2 is 1.16 bits per heavy atom. The fraction of sp³-hybridized carbons (Fsp3) is 0.143. The Morgan fingerprint density at radius 1 is 0.720 bits per heavy atom. The van der Waals surface area contributed by atoms with E-state index < -0.39 is 10.0 Å². The molecule has 25 heavy (non-hydrogen) atoms. The molecular formula is C21H21NO2S. The Bertz CT molecular complexity index is 881. The molecule has 3 rings (SSSR count). The largest absolute Gasteiger partial charge is 0.243 e. The second-order valence-electron chi connectivity index (χ2n) is 6.06. The maximum absolute atomic E-state index is 13.2. The maximum Gasteiger partial charge on any atom is 0.243 e. The summed E-state index contributed by atoms with van der Waals surface area (Å²) in [5, 5.41) is 0. The zero-order valence-electron chi connectivity index (χ0n) is 14.3. The molecule has 0 N–H and O–H groups in total. The highest BCUT2D eigenvalue weighted by molar-refractivity contribution is 7.89. The highest BCUT2D eigenvalue weighted by atomic mass is 32.2. The average molecular weight is 351 g/mol. The molecule has 0 aliphatic rings. The van der Waals surface area contributed by atoms with Gasteiger partial charge in [0.25, 0.3) is 0 Å². The van der Waals surface area contributed by atoms with Crippen LogP contribution in [-0.4, -0.2) is 19.8 Å². The fourth-order valence-electron chi connectivity index (χ4n) is 2.90. The zero-order valence-corrected chi connectivity index (χ0v) is 15.1. The number of sulfonamides is 1. The minimum Gasteiger partial charge on any atom is -0.207 e. The number of hydrogen-bond donors (Lipinski definition) is 0. The lowest BCUT2D eigenvalue weighted by Crippen LogP contribution is -2.32. The van der Waals surface area contributed by atoms with E-state index in [1.54, 1.807) is 19.2 Å². The highest BCUT2D eigenvalue weighted by Crippen LogP contribution is 2.31. The lowest BCUT2D eigenvalue weighted by molar-refractivity contribution is 0.418. The third kappa shape index (κ3) is 3.65. The highest BCUT2D eigenvalue weighted by Gasteiger charge is 2.30. The summed E-state index contributed by atoms with van der Waals surface area (Å²) in [6, 6.07) is 26.0. The van der Waals surface area contributed by atoms with Crippen LogP contribution in [0.15, 0.2) is 89.8 Å². The van der Waals surface area contributed by atoms with Crippen LogP contribution in [0.5, 0.6) is 0 Å². The molecule has 4 heteroatoms. The molecule has 0 fully saturated rings. The van der Waals surface area contributed by atoms with E-state index in [2.05, 4.69) is 0 Å². The van der Waals surface area contributed by atoms with Gasteiger partial charge in [-0.1, -0.05) is 78.4 Å². The second kappa shape index (κ2) is 7.21. The summed E-state index contributed by atoms with van der Waals surface area (Å²) in [4.78, 5) is 0.303. The zero-order chi connectivity index (χ0) is 17.9. The summed E-state index contributed by atoms with van der Waals surface area (Å²) in [6.07, 6.45) is 0. The van der Waals surface area contributed by atoms with Crippen molar-refractivity contribution in [2.75, 3.05) is 7.05 Å². The molecule has 0 unspecified atom stereocenters. The van der Waals surface area contributed by atoms with Gasteiger partial charge in [-0.05, 0) is 30.2 Å². The van der Waals surface area contributed by atoms with E-state index in [-0.39, 0.29) is 6.04 Å². The van der Waals surface area contributed by atoms with E-state index in [9.17, 15) is 8.42 Å². The van der Waals surface area contributed by atoms with Crippen LogP contribution in [0, 0.1) is 6.92 Å². The normalized spacial score (nSPS) is 11.8. The monoisotopic (exact) mass is 351 g/mol. The predicted octanol–water partition coefficient (Wildman–Crippen LogP) is 4.41. The van der Waals surface area contributed by atoms with Gasteiger partial charge in [-0.25, -0.2) is 8.42 Å². The molecule has 0 aromatic heterocycles. The summed E-state index contributed by atoms with van der Waals surface area (Å²) < 4.78 is 27.8. The van der Waals surface area contributed by atoms with Crippen molar-refractivity contribution in [1.29, 1.82) is 0 Å². The van der Waals surface area contributed by atoms with E-state index in [0.717, 1.165) is 16.7 Å². The van der Waals surface area contributed by atoms with Crippen molar-refractivity contribution < 1.29 is 8.42 Å². The first-order valence-corrected chi connectivity index (χ1v) is 9.59. The molecule has 0 saturated carbocycles. The topological polar surface area (TPSA) is 37.4 Å². The Labute approximate surface area is 149 Å². The van der Waals surface area contributed by atoms with Crippen molar-refractivity contribution in [3.8, 4) is 0 Å². The number of aryl methyl sites for hydroxylation is 1. The molecule has 0 aliphatic carbocycles. The van der Waals surface area contributed by atoms with E-state index >= 15 is 0 Å². The summed E-state index contributed by atoms with van der Waals surface area (Å²) in [7, 11) is -1.98. The molecule has 0 aliphatic heterocycles. The van der Waals surface area contributed by atoms with Gasteiger partial charge in [0.1, 0.15) is 0 Å². The molecule has 3 aromatic carbocycles. The van der Waals surface area contributed by atoms with Crippen molar-refractivity contribution in [3.05, 3.63) is 102 Å². The van der Waals surface area contributed by atoms with Crippen molar-refractivity contribution >= 4 is 10.0 Å². The minimum absolute atomic E-state index is 0.303. The van der Waals surface area contributed by atoms with Crippen LogP contribution in [0.3, 0.4) is 0 Å². The van der Waals surface area contributed by atoms with Crippen LogP contribution >= 0.6 is 0 Å². The molecule has 0 heterocycles. The van der Waals surface area contributed by atoms with E-state index in [1.165, 1.54) is 4.31 Å². The number of hydrogen-bond acceptors (Lipinski definition) is 2. The van der Waals surface area contributed by atoms with Crippen molar-refractivity contribution in [3.63, 3.8) is 0 Å². The molecule has 0 saturated heterocycles. The van der Waals surface area contributed by atoms with Crippen molar-refractivity contribution in [2.45, 2.75) is 17.9 Å². The van der Waals surface area contributed by atoms with Gasteiger partial charge in [-0.3, -0.25) is 0 Å². The van der Waals surface area contributed by atoms with Gasteiger partial charge in [0, 0.05) is 7.05 Å².